The Bertz CT molecular complexity index is 409. The maximum Gasteiger partial charge on any atom is 0.144 e. The summed E-state index contributed by atoms with van der Waals surface area (Å²) >= 11 is 12.2. The molecule has 94 valence electrons. The molecule has 1 aliphatic rings. The molecular formula is C13H17Cl2NO. The van der Waals surface area contributed by atoms with Gasteiger partial charge in [0.25, 0.3) is 0 Å². The van der Waals surface area contributed by atoms with Crippen molar-refractivity contribution in [2.24, 2.45) is 0 Å². The molecular weight excluding hydrogens is 257 g/mol. The Labute approximate surface area is 112 Å². The fourth-order valence-electron chi connectivity index (χ4n) is 2.16. The highest BCUT2D eigenvalue weighted by Gasteiger charge is 2.27. The summed E-state index contributed by atoms with van der Waals surface area (Å²) in [7, 11) is 0. The first-order chi connectivity index (χ1) is 8.13. The third kappa shape index (κ3) is 2.70. The molecule has 1 aromatic carbocycles. The Balaban J connectivity index is 2.33. The summed E-state index contributed by atoms with van der Waals surface area (Å²) in [5.41, 5.74) is 1.12. The Morgan fingerprint density at radius 1 is 1.41 bits per heavy atom. The first-order valence-electron chi connectivity index (χ1n) is 6.01. The fourth-order valence-corrected chi connectivity index (χ4v) is 2.53. The van der Waals surface area contributed by atoms with Gasteiger partial charge in [0.1, 0.15) is 10.8 Å². The van der Waals surface area contributed by atoms with Crippen LogP contribution in [0.1, 0.15) is 38.3 Å². The zero-order valence-corrected chi connectivity index (χ0v) is 11.6. The summed E-state index contributed by atoms with van der Waals surface area (Å²) in [6.07, 6.45) is 2.24. The van der Waals surface area contributed by atoms with Crippen LogP contribution in [0, 0.1) is 0 Å². The van der Waals surface area contributed by atoms with Crippen molar-refractivity contribution in [1.82, 2.24) is 5.32 Å². The molecule has 0 saturated carbocycles. The lowest BCUT2D eigenvalue weighted by molar-refractivity contribution is 0.166. The van der Waals surface area contributed by atoms with E-state index in [4.69, 9.17) is 27.9 Å². The van der Waals surface area contributed by atoms with Crippen molar-refractivity contribution in [2.75, 3.05) is 6.54 Å². The van der Waals surface area contributed by atoms with Crippen LogP contribution in [-0.4, -0.2) is 12.6 Å². The summed E-state index contributed by atoms with van der Waals surface area (Å²) in [4.78, 5) is 0. The molecule has 0 spiro atoms. The minimum Gasteiger partial charge on any atom is -0.489 e. The van der Waals surface area contributed by atoms with Gasteiger partial charge in [0.15, 0.2) is 0 Å². The van der Waals surface area contributed by atoms with Crippen LogP contribution in [0.3, 0.4) is 0 Å². The van der Waals surface area contributed by atoms with Gasteiger partial charge in [0.2, 0.25) is 0 Å². The molecule has 2 atom stereocenters. The van der Waals surface area contributed by atoms with Crippen LogP contribution >= 0.6 is 23.2 Å². The molecule has 0 fully saturated rings. The molecule has 0 bridgehead atoms. The standard InChI is InChI=1S/C13H17Cl2NO/c1-3-6-16-11-7-8(2)17-13-9(11)4-5-10(14)12(13)15/h4-5,8,11,16H,3,6-7H2,1-2H3. The second-order valence-electron chi connectivity index (χ2n) is 4.45. The zero-order valence-electron chi connectivity index (χ0n) is 10.1. The van der Waals surface area contributed by atoms with E-state index in [1.165, 1.54) is 0 Å². The quantitative estimate of drug-likeness (QED) is 0.891. The van der Waals surface area contributed by atoms with E-state index in [2.05, 4.69) is 19.2 Å². The van der Waals surface area contributed by atoms with Gasteiger partial charge in [-0.15, -0.1) is 0 Å². The minimum atomic E-state index is 0.160. The van der Waals surface area contributed by atoms with Crippen molar-refractivity contribution in [3.63, 3.8) is 0 Å². The Morgan fingerprint density at radius 2 is 2.18 bits per heavy atom. The van der Waals surface area contributed by atoms with Crippen molar-refractivity contribution in [3.8, 4) is 5.75 Å². The van der Waals surface area contributed by atoms with Gasteiger partial charge in [-0.2, -0.15) is 0 Å². The topological polar surface area (TPSA) is 21.3 Å². The largest absolute Gasteiger partial charge is 0.489 e. The van der Waals surface area contributed by atoms with E-state index >= 15 is 0 Å². The molecule has 0 radical (unpaired) electrons. The summed E-state index contributed by atoms with van der Waals surface area (Å²) in [5, 5.41) is 4.60. The summed E-state index contributed by atoms with van der Waals surface area (Å²) in [6, 6.07) is 4.15. The number of hydrogen-bond donors (Lipinski definition) is 1. The molecule has 2 unspecified atom stereocenters. The van der Waals surface area contributed by atoms with Gasteiger partial charge in [-0.25, -0.2) is 0 Å². The third-order valence-corrected chi connectivity index (χ3v) is 3.77. The van der Waals surface area contributed by atoms with Crippen LogP contribution in [0.2, 0.25) is 10.0 Å². The molecule has 17 heavy (non-hydrogen) atoms. The van der Waals surface area contributed by atoms with Gasteiger partial charge >= 0.3 is 0 Å². The predicted molar refractivity (Wildman–Crippen MR) is 72.2 cm³/mol. The zero-order chi connectivity index (χ0) is 12.4. The van der Waals surface area contributed by atoms with Gasteiger partial charge in [0.05, 0.1) is 11.1 Å². The van der Waals surface area contributed by atoms with Crippen LogP contribution in [0.5, 0.6) is 5.75 Å². The van der Waals surface area contributed by atoms with E-state index in [1.54, 1.807) is 0 Å². The molecule has 4 heteroatoms. The van der Waals surface area contributed by atoms with Gasteiger partial charge in [-0.1, -0.05) is 36.2 Å². The number of halogens is 2. The summed E-state index contributed by atoms with van der Waals surface area (Å²) < 4.78 is 5.80. The lowest BCUT2D eigenvalue weighted by Gasteiger charge is -2.31. The average Bonchev–Trinajstić information content (AvgIpc) is 2.31. The highest BCUT2D eigenvalue weighted by atomic mass is 35.5. The lowest BCUT2D eigenvalue weighted by Crippen LogP contribution is -2.32. The fraction of sp³-hybridized carbons (Fsp3) is 0.538. The maximum absolute atomic E-state index is 6.19. The second-order valence-corrected chi connectivity index (χ2v) is 5.24. The Hall–Kier alpha value is -0.440. The molecule has 0 saturated heterocycles. The molecule has 1 heterocycles. The molecule has 1 N–H and O–H groups in total. The average molecular weight is 274 g/mol. The van der Waals surface area contributed by atoms with Crippen LogP contribution in [0.15, 0.2) is 12.1 Å². The Kier molecular flexibility index (Phi) is 4.18. The number of hydrogen-bond acceptors (Lipinski definition) is 2. The van der Waals surface area contributed by atoms with E-state index in [0.29, 0.717) is 16.1 Å². The Morgan fingerprint density at radius 3 is 2.88 bits per heavy atom. The van der Waals surface area contributed by atoms with Crippen molar-refractivity contribution < 1.29 is 4.74 Å². The van der Waals surface area contributed by atoms with Gasteiger partial charge in [0, 0.05) is 18.0 Å². The number of benzene rings is 1. The summed E-state index contributed by atoms with van der Waals surface area (Å²) in [6.45, 7) is 5.21. The monoisotopic (exact) mass is 273 g/mol. The predicted octanol–water partition coefficient (Wildman–Crippen LogP) is 4.21. The maximum atomic E-state index is 6.19. The van der Waals surface area contributed by atoms with Crippen molar-refractivity contribution in [3.05, 3.63) is 27.7 Å². The van der Waals surface area contributed by atoms with Gasteiger partial charge in [-0.05, 0) is 26.0 Å². The van der Waals surface area contributed by atoms with Crippen molar-refractivity contribution in [2.45, 2.75) is 38.8 Å². The highest BCUT2D eigenvalue weighted by Crippen LogP contribution is 2.42. The number of fused-ring (bicyclic) bond motifs is 1. The third-order valence-electron chi connectivity index (χ3n) is 2.98. The molecule has 2 rings (SSSR count). The molecule has 0 aromatic heterocycles. The highest BCUT2D eigenvalue weighted by molar-refractivity contribution is 6.43. The van der Waals surface area contributed by atoms with E-state index < -0.39 is 0 Å². The number of nitrogens with one attached hydrogen (secondary N) is 1. The van der Waals surface area contributed by atoms with E-state index in [-0.39, 0.29) is 6.10 Å². The first kappa shape index (κ1) is 13.0. The van der Waals surface area contributed by atoms with E-state index in [1.807, 2.05) is 12.1 Å². The molecule has 1 aromatic rings. The van der Waals surface area contributed by atoms with Crippen LogP contribution in [0.25, 0.3) is 0 Å². The lowest BCUT2D eigenvalue weighted by atomic mass is 9.97. The van der Waals surface area contributed by atoms with Gasteiger partial charge in [-0.3, -0.25) is 0 Å². The number of ether oxygens (including phenoxy) is 1. The van der Waals surface area contributed by atoms with Crippen LogP contribution in [0.4, 0.5) is 0 Å². The second kappa shape index (κ2) is 5.47. The molecule has 1 aliphatic heterocycles. The smallest absolute Gasteiger partial charge is 0.144 e. The molecule has 2 nitrogen and oxygen atoms in total. The van der Waals surface area contributed by atoms with E-state index in [0.717, 1.165) is 30.7 Å². The minimum absolute atomic E-state index is 0.160. The summed E-state index contributed by atoms with van der Waals surface area (Å²) in [5.74, 6) is 0.742. The normalized spacial score (nSPS) is 23.1. The first-order valence-corrected chi connectivity index (χ1v) is 6.77. The van der Waals surface area contributed by atoms with Crippen molar-refractivity contribution in [1.29, 1.82) is 0 Å². The SMILES string of the molecule is CCCNC1CC(C)Oc2c1ccc(Cl)c2Cl. The van der Waals surface area contributed by atoms with Gasteiger partial charge < -0.3 is 10.1 Å². The molecule has 0 aliphatic carbocycles. The van der Waals surface area contributed by atoms with Crippen LogP contribution < -0.4 is 10.1 Å². The number of rotatable bonds is 3. The molecule has 0 amide bonds. The van der Waals surface area contributed by atoms with E-state index in [9.17, 15) is 0 Å². The van der Waals surface area contributed by atoms with Crippen molar-refractivity contribution >= 4 is 23.2 Å². The van der Waals surface area contributed by atoms with Crippen LogP contribution in [-0.2, 0) is 0 Å².